The lowest BCUT2D eigenvalue weighted by molar-refractivity contribution is -0.137. The number of hydrogen-bond donors (Lipinski definition) is 3. The second-order valence-corrected chi connectivity index (χ2v) is 8.60. The first kappa shape index (κ1) is 21.7. The number of nitrogens with zero attached hydrogens (tertiary/aromatic N) is 3. The topological polar surface area (TPSA) is 83.2 Å². The highest BCUT2D eigenvalue weighted by Crippen LogP contribution is 2.40. The minimum absolute atomic E-state index is 0.0671. The van der Waals surface area contributed by atoms with Crippen LogP contribution in [0.2, 0.25) is 0 Å². The van der Waals surface area contributed by atoms with Crippen LogP contribution >= 0.6 is 0 Å². The summed E-state index contributed by atoms with van der Waals surface area (Å²) in [4.78, 5) is 0. The van der Waals surface area contributed by atoms with E-state index in [2.05, 4.69) is 15.6 Å². The number of alkyl halides is 3. The molecule has 0 amide bonds. The summed E-state index contributed by atoms with van der Waals surface area (Å²) in [5.41, 5.74) is -1.71. The van der Waals surface area contributed by atoms with Crippen molar-refractivity contribution in [2.24, 2.45) is 0 Å². The Bertz CT molecular complexity index is 829. The molecular weight excluding hydrogens is 385 g/mol. The van der Waals surface area contributed by atoms with Crippen molar-refractivity contribution in [3.8, 4) is 0 Å². The Balaban J connectivity index is 1.77. The molecule has 3 rings (SSSR count). The number of rotatable bonds is 5. The van der Waals surface area contributed by atoms with Crippen LogP contribution in [0.4, 0.5) is 13.2 Å². The Kier molecular flexibility index (Phi) is 5.77. The minimum atomic E-state index is -4.41. The maximum absolute atomic E-state index is 12.8. The van der Waals surface area contributed by atoms with Crippen molar-refractivity contribution in [1.29, 1.82) is 0 Å². The number of aryl methyl sites for hydroxylation is 1. The molecule has 160 valence electrons. The van der Waals surface area contributed by atoms with Gasteiger partial charge in [0.25, 0.3) is 0 Å². The molecule has 0 bridgehead atoms. The number of piperidine rings is 1. The molecule has 1 aromatic heterocycles. The van der Waals surface area contributed by atoms with E-state index in [-0.39, 0.29) is 18.5 Å². The summed E-state index contributed by atoms with van der Waals surface area (Å²) >= 11 is 0. The number of benzene rings is 1. The molecule has 29 heavy (non-hydrogen) atoms. The monoisotopic (exact) mass is 412 g/mol. The lowest BCUT2D eigenvalue weighted by Crippen LogP contribution is -2.47. The predicted molar refractivity (Wildman–Crippen MR) is 101 cm³/mol. The maximum atomic E-state index is 12.8. The summed E-state index contributed by atoms with van der Waals surface area (Å²) in [6, 6.07) is 4.34. The zero-order valence-corrected chi connectivity index (χ0v) is 16.7. The highest BCUT2D eigenvalue weighted by atomic mass is 19.4. The second-order valence-electron chi connectivity index (χ2n) is 8.60. The van der Waals surface area contributed by atoms with Gasteiger partial charge in [-0.2, -0.15) is 13.2 Å². The zero-order chi connectivity index (χ0) is 21.4. The number of hydrogen-bond acceptors (Lipinski definition) is 5. The summed E-state index contributed by atoms with van der Waals surface area (Å²) in [5.74, 6) is 0. The first-order valence-corrected chi connectivity index (χ1v) is 9.64. The fourth-order valence-corrected chi connectivity index (χ4v) is 3.75. The average molecular weight is 412 g/mol. The van der Waals surface area contributed by atoms with Crippen LogP contribution in [0.1, 0.15) is 62.9 Å². The van der Waals surface area contributed by atoms with E-state index in [1.54, 1.807) is 24.7 Å². The van der Waals surface area contributed by atoms with Gasteiger partial charge in [-0.05, 0) is 51.3 Å². The van der Waals surface area contributed by atoms with Gasteiger partial charge in [-0.1, -0.05) is 17.3 Å². The molecule has 1 saturated heterocycles. The average Bonchev–Trinajstić information content (AvgIpc) is 3.07. The Morgan fingerprint density at radius 3 is 2.45 bits per heavy atom. The largest absolute Gasteiger partial charge is 0.416 e. The SMILES string of the molecule is C[C@H]1CC(O)(c2ccc(C(F)(F)F)cc2)C[C@@H](c2cn(CCC(C)(C)O)nn2)N1. The van der Waals surface area contributed by atoms with Gasteiger partial charge in [-0.25, -0.2) is 0 Å². The summed E-state index contributed by atoms with van der Waals surface area (Å²) < 4.78 is 40.2. The molecule has 3 atom stereocenters. The van der Waals surface area contributed by atoms with Crippen LogP contribution in [0.3, 0.4) is 0 Å². The minimum Gasteiger partial charge on any atom is -0.390 e. The van der Waals surface area contributed by atoms with Crippen LogP contribution < -0.4 is 5.32 Å². The van der Waals surface area contributed by atoms with E-state index in [0.717, 1.165) is 12.1 Å². The van der Waals surface area contributed by atoms with Crippen LogP contribution in [-0.2, 0) is 18.3 Å². The van der Waals surface area contributed by atoms with Gasteiger partial charge >= 0.3 is 6.18 Å². The fraction of sp³-hybridized carbons (Fsp3) is 0.600. The van der Waals surface area contributed by atoms with Gasteiger partial charge < -0.3 is 15.5 Å². The van der Waals surface area contributed by atoms with Crippen molar-refractivity contribution in [3.05, 3.63) is 47.3 Å². The van der Waals surface area contributed by atoms with Crippen LogP contribution in [0.15, 0.2) is 30.5 Å². The van der Waals surface area contributed by atoms with Crippen LogP contribution in [0.5, 0.6) is 0 Å². The lowest BCUT2D eigenvalue weighted by atomic mass is 9.78. The van der Waals surface area contributed by atoms with E-state index >= 15 is 0 Å². The van der Waals surface area contributed by atoms with Gasteiger partial charge in [0.2, 0.25) is 0 Å². The van der Waals surface area contributed by atoms with Crippen molar-refractivity contribution >= 4 is 0 Å². The van der Waals surface area contributed by atoms with E-state index in [1.165, 1.54) is 12.1 Å². The maximum Gasteiger partial charge on any atom is 0.416 e. The van der Waals surface area contributed by atoms with Gasteiger partial charge in [-0.3, -0.25) is 4.68 Å². The molecule has 6 nitrogen and oxygen atoms in total. The van der Waals surface area contributed by atoms with Gasteiger partial charge in [0.15, 0.2) is 0 Å². The molecular formula is C20H27F3N4O2. The van der Waals surface area contributed by atoms with Crippen LogP contribution in [-0.4, -0.2) is 36.8 Å². The molecule has 0 radical (unpaired) electrons. The molecule has 3 N–H and O–H groups in total. The first-order valence-electron chi connectivity index (χ1n) is 9.64. The Morgan fingerprint density at radius 1 is 1.21 bits per heavy atom. The standard InChI is InChI=1S/C20H27F3N4O2/c1-13-10-19(29,14-4-6-15(7-5-14)20(21,22)23)11-16(24-13)17-12-27(26-25-17)9-8-18(2,3)28/h4-7,12-13,16,24,28-29H,8-11H2,1-3H3/t13-,16-,19?/m0/s1. The van der Waals surface area contributed by atoms with Crippen LogP contribution in [0, 0.1) is 0 Å². The Labute approximate surface area is 167 Å². The van der Waals surface area contributed by atoms with Crippen molar-refractivity contribution in [2.75, 3.05) is 0 Å². The van der Waals surface area contributed by atoms with Crippen molar-refractivity contribution < 1.29 is 23.4 Å². The number of halogens is 3. The lowest BCUT2D eigenvalue weighted by Gasteiger charge is -2.40. The number of aromatic nitrogens is 3. The van der Waals surface area contributed by atoms with Crippen molar-refractivity contribution in [2.45, 2.75) is 76.0 Å². The highest BCUT2D eigenvalue weighted by molar-refractivity contribution is 5.30. The highest BCUT2D eigenvalue weighted by Gasteiger charge is 2.41. The molecule has 9 heteroatoms. The van der Waals surface area contributed by atoms with Crippen molar-refractivity contribution in [3.63, 3.8) is 0 Å². The fourth-order valence-electron chi connectivity index (χ4n) is 3.75. The zero-order valence-electron chi connectivity index (χ0n) is 16.7. The molecule has 1 aliphatic rings. The van der Waals surface area contributed by atoms with E-state index in [0.29, 0.717) is 30.6 Å². The van der Waals surface area contributed by atoms with Gasteiger partial charge in [0, 0.05) is 19.0 Å². The van der Waals surface area contributed by atoms with Gasteiger partial charge in [0.05, 0.1) is 34.7 Å². The third kappa shape index (κ3) is 5.34. The second kappa shape index (κ2) is 7.70. The van der Waals surface area contributed by atoms with Crippen molar-refractivity contribution in [1.82, 2.24) is 20.3 Å². The van der Waals surface area contributed by atoms with Gasteiger partial charge in [0.1, 0.15) is 0 Å². The molecule has 1 fully saturated rings. The van der Waals surface area contributed by atoms with Gasteiger partial charge in [-0.15, -0.1) is 5.10 Å². The third-order valence-corrected chi connectivity index (χ3v) is 5.29. The molecule has 0 spiro atoms. The Morgan fingerprint density at radius 2 is 1.86 bits per heavy atom. The van der Waals surface area contributed by atoms with E-state index in [1.807, 2.05) is 6.92 Å². The Hall–Kier alpha value is -1.97. The normalized spacial score (nSPS) is 25.9. The van der Waals surface area contributed by atoms with E-state index in [4.69, 9.17) is 0 Å². The number of nitrogens with one attached hydrogen (secondary N) is 1. The van der Waals surface area contributed by atoms with E-state index < -0.39 is 22.9 Å². The molecule has 1 aromatic carbocycles. The molecule has 1 aliphatic heterocycles. The summed E-state index contributed by atoms with van der Waals surface area (Å²) in [6.45, 7) is 5.86. The molecule has 2 aromatic rings. The van der Waals surface area contributed by atoms with Crippen LogP contribution in [0.25, 0.3) is 0 Å². The molecule has 0 aliphatic carbocycles. The number of aliphatic hydroxyl groups is 2. The quantitative estimate of drug-likeness (QED) is 0.703. The summed E-state index contributed by atoms with van der Waals surface area (Å²) in [5, 5.41) is 32.8. The summed E-state index contributed by atoms with van der Waals surface area (Å²) in [7, 11) is 0. The first-order chi connectivity index (χ1) is 13.4. The predicted octanol–water partition coefficient (Wildman–Crippen LogP) is 3.16. The third-order valence-electron chi connectivity index (χ3n) is 5.29. The smallest absolute Gasteiger partial charge is 0.390 e. The molecule has 0 saturated carbocycles. The molecule has 1 unspecified atom stereocenters. The summed E-state index contributed by atoms with van der Waals surface area (Å²) in [6.07, 6.45) is -1.48. The van der Waals surface area contributed by atoms with E-state index in [9.17, 15) is 23.4 Å². The molecule has 2 heterocycles.